The summed E-state index contributed by atoms with van der Waals surface area (Å²) in [5.74, 6) is 0.195. The first-order valence-electron chi connectivity index (χ1n) is 12.1. The molecule has 1 aliphatic heterocycles. The van der Waals surface area contributed by atoms with E-state index in [-0.39, 0.29) is 29.7 Å². The third kappa shape index (κ3) is 4.91. The predicted octanol–water partition coefficient (Wildman–Crippen LogP) is 4.89. The third-order valence-corrected chi connectivity index (χ3v) is 6.76. The minimum Gasteiger partial charge on any atom is -0.494 e. The lowest BCUT2D eigenvalue weighted by Crippen LogP contribution is -2.57. The van der Waals surface area contributed by atoms with Crippen LogP contribution in [0, 0.1) is 11.6 Å². The molecule has 0 bridgehead atoms. The standard InChI is InChI=1S/C27H28F2N6O2/c1-16-14-34(10-11-35(16)27(36)32-17(2)19-6-9-22(29)24(12-19)37-3)26-21-13-23(33-25(21)30-15-31-26)18-4-7-20(28)8-5-18/h4-9,12-13,15-17H,10-11,14H2,1-3H3,(H,32,36)(H,30,31,33)/t16-,17+/m1/s1. The Balaban J connectivity index is 1.29. The van der Waals surface area contributed by atoms with Crippen LogP contribution in [0.1, 0.15) is 25.5 Å². The Hall–Kier alpha value is -4.21. The molecular formula is C27H28F2N6O2. The number of nitrogens with zero attached hydrogens (tertiary/aromatic N) is 4. The maximum absolute atomic E-state index is 13.8. The number of ether oxygens (including phenoxy) is 1. The molecule has 1 aliphatic rings. The topological polar surface area (TPSA) is 86.4 Å². The van der Waals surface area contributed by atoms with Crippen molar-refractivity contribution in [2.45, 2.75) is 25.9 Å². The fourth-order valence-electron chi connectivity index (χ4n) is 4.71. The van der Waals surface area contributed by atoms with Gasteiger partial charge in [-0.15, -0.1) is 0 Å². The number of anilines is 1. The Morgan fingerprint density at radius 2 is 1.92 bits per heavy atom. The van der Waals surface area contributed by atoms with Crippen LogP contribution < -0.4 is 15.0 Å². The van der Waals surface area contributed by atoms with E-state index >= 15 is 0 Å². The Labute approximate surface area is 213 Å². The summed E-state index contributed by atoms with van der Waals surface area (Å²) in [6.07, 6.45) is 1.52. The first-order valence-corrected chi connectivity index (χ1v) is 12.1. The van der Waals surface area contributed by atoms with Gasteiger partial charge in [0.15, 0.2) is 11.6 Å². The second kappa shape index (κ2) is 10.0. The molecule has 4 aromatic rings. The molecule has 2 atom stereocenters. The smallest absolute Gasteiger partial charge is 0.318 e. The lowest BCUT2D eigenvalue weighted by atomic mass is 10.1. The number of fused-ring (bicyclic) bond motifs is 1. The first-order chi connectivity index (χ1) is 17.8. The van der Waals surface area contributed by atoms with Gasteiger partial charge in [-0.1, -0.05) is 6.07 Å². The molecule has 0 saturated carbocycles. The summed E-state index contributed by atoms with van der Waals surface area (Å²) in [5, 5.41) is 3.88. The van der Waals surface area contributed by atoms with Crippen LogP contribution in [0.5, 0.6) is 5.75 Å². The third-order valence-electron chi connectivity index (χ3n) is 6.76. The van der Waals surface area contributed by atoms with E-state index in [1.807, 2.05) is 19.9 Å². The number of benzene rings is 2. The SMILES string of the molecule is COc1cc([C@H](C)NC(=O)N2CCN(c3ncnc4[nH]c(-c5ccc(F)cc5)cc34)C[C@H]2C)ccc1F. The largest absolute Gasteiger partial charge is 0.494 e. The quantitative estimate of drug-likeness (QED) is 0.403. The zero-order valence-electron chi connectivity index (χ0n) is 20.8. The van der Waals surface area contributed by atoms with Crippen LogP contribution in [0.2, 0.25) is 0 Å². The number of aromatic nitrogens is 3. The minimum atomic E-state index is -0.444. The van der Waals surface area contributed by atoms with Crippen molar-refractivity contribution in [1.82, 2.24) is 25.2 Å². The van der Waals surface area contributed by atoms with E-state index < -0.39 is 5.82 Å². The van der Waals surface area contributed by atoms with Crippen molar-refractivity contribution < 1.29 is 18.3 Å². The van der Waals surface area contributed by atoms with E-state index in [0.29, 0.717) is 25.3 Å². The normalized spacial score (nSPS) is 16.6. The molecule has 0 spiro atoms. The number of hydrogen-bond acceptors (Lipinski definition) is 5. The van der Waals surface area contributed by atoms with E-state index in [0.717, 1.165) is 28.0 Å². The Morgan fingerprint density at radius 1 is 1.14 bits per heavy atom. The number of methoxy groups -OCH3 is 1. The van der Waals surface area contributed by atoms with Crippen LogP contribution in [-0.4, -0.2) is 58.7 Å². The summed E-state index contributed by atoms with van der Waals surface area (Å²) in [6, 6.07) is 12.2. The molecular weight excluding hydrogens is 478 g/mol. The van der Waals surface area contributed by atoms with Crippen molar-refractivity contribution in [2.24, 2.45) is 0 Å². The zero-order valence-corrected chi connectivity index (χ0v) is 20.8. The van der Waals surface area contributed by atoms with Crippen molar-refractivity contribution in [1.29, 1.82) is 0 Å². The molecule has 1 fully saturated rings. The summed E-state index contributed by atoms with van der Waals surface area (Å²) < 4.78 is 32.2. The number of amides is 2. The van der Waals surface area contributed by atoms with Crippen molar-refractivity contribution in [3.8, 4) is 17.0 Å². The summed E-state index contributed by atoms with van der Waals surface area (Å²) in [4.78, 5) is 29.2. The van der Waals surface area contributed by atoms with Gasteiger partial charge in [0.25, 0.3) is 0 Å². The van der Waals surface area contributed by atoms with Gasteiger partial charge in [-0.25, -0.2) is 23.5 Å². The highest BCUT2D eigenvalue weighted by atomic mass is 19.1. The van der Waals surface area contributed by atoms with Gasteiger partial charge >= 0.3 is 6.03 Å². The van der Waals surface area contributed by atoms with Crippen molar-refractivity contribution in [3.63, 3.8) is 0 Å². The summed E-state index contributed by atoms with van der Waals surface area (Å²) in [7, 11) is 1.41. The number of nitrogens with one attached hydrogen (secondary N) is 2. The highest BCUT2D eigenvalue weighted by molar-refractivity contribution is 5.92. The molecule has 0 unspecified atom stereocenters. The molecule has 3 heterocycles. The molecule has 5 rings (SSSR count). The van der Waals surface area contributed by atoms with E-state index in [9.17, 15) is 13.6 Å². The number of urea groups is 1. The molecule has 37 heavy (non-hydrogen) atoms. The van der Waals surface area contributed by atoms with Gasteiger partial charge < -0.3 is 24.8 Å². The highest BCUT2D eigenvalue weighted by Gasteiger charge is 2.30. The summed E-state index contributed by atoms with van der Waals surface area (Å²) in [6.45, 7) is 5.55. The van der Waals surface area contributed by atoms with Crippen molar-refractivity contribution in [2.75, 3.05) is 31.6 Å². The number of carbonyl (C=O) groups is 1. The molecule has 2 aromatic heterocycles. The van der Waals surface area contributed by atoms with Crippen molar-refractivity contribution >= 4 is 22.9 Å². The van der Waals surface area contributed by atoms with Crippen LogP contribution in [0.4, 0.5) is 19.4 Å². The lowest BCUT2D eigenvalue weighted by molar-refractivity contribution is 0.168. The summed E-state index contributed by atoms with van der Waals surface area (Å²) >= 11 is 0. The van der Waals surface area contributed by atoms with E-state index in [4.69, 9.17) is 4.74 Å². The number of rotatable bonds is 5. The van der Waals surface area contributed by atoms with Gasteiger partial charge in [-0.2, -0.15) is 0 Å². The van der Waals surface area contributed by atoms with Gasteiger partial charge in [0.05, 0.1) is 18.5 Å². The first kappa shape index (κ1) is 24.5. The fraction of sp³-hybridized carbons (Fsp3) is 0.296. The second-order valence-electron chi connectivity index (χ2n) is 9.20. The van der Waals surface area contributed by atoms with Crippen molar-refractivity contribution in [3.05, 3.63) is 72.1 Å². The molecule has 10 heteroatoms. The average molecular weight is 507 g/mol. The van der Waals surface area contributed by atoms with E-state index in [1.165, 1.54) is 31.6 Å². The van der Waals surface area contributed by atoms with Crippen LogP contribution in [0.3, 0.4) is 0 Å². The number of piperazine rings is 1. The molecule has 0 aliphatic carbocycles. The average Bonchev–Trinajstić information content (AvgIpc) is 3.33. The molecule has 2 amide bonds. The highest BCUT2D eigenvalue weighted by Crippen LogP contribution is 2.30. The van der Waals surface area contributed by atoms with E-state index in [1.54, 1.807) is 29.2 Å². The Morgan fingerprint density at radius 3 is 2.65 bits per heavy atom. The molecule has 2 aromatic carbocycles. The minimum absolute atomic E-state index is 0.0794. The van der Waals surface area contributed by atoms with Gasteiger partial charge in [0, 0.05) is 31.4 Å². The maximum atomic E-state index is 13.8. The Kier molecular flexibility index (Phi) is 6.64. The molecule has 8 nitrogen and oxygen atoms in total. The second-order valence-corrected chi connectivity index (χ2v) is 9.20. The summed E-state index contributed by atoms with van der Waals surface area (Å²) in [5.41, 5.74) is 3.13. The molecule has 1 saturated heterocycles. The zero-order chi connectivity index (χ0) is 26.1. The molecule has 192 valence electrons. The Bertz CT molecular complexity index is 1420. The van der Waals surface area contributed by atoms with E-state index in [2.05, 4.69) is 25.2 Å². The number of hydrogen-bond donors (Lipinski definition) is 2. The van der Waals surface area contributed by atoms with Gasteiger partial charge in [0.2, 0.25) is 0 Å². The number of halogens is 2. The number of H-pyrrole nitrogens is 1. The molecule has 2 N–H and O–H groups in total. The monoisotopic (exact) mass is 506 g/mol. The van der Waals surface area contributed by atoms with Gasteiger partial charge in [-0.3, -0.25) is 0 Å². The number of aromatic amines is 1. The van der Waals surface area contributed by atoms with Crippen LogP contribution in [0.25, 0.3) is 22.3 Å². The van der Waals surface area contributed by atoms with Gasteiger partial charge in [0.1, 0.15) is 23.6 Å². The van der Waals surface area contributed by atoms with Crippen LogP contribution in [0.15, 0.2) is 54.9 Å². The van der Waals surface area contributed by atoms with Crippen LogP contribution >= 0.6 is 0 Å². The predicted molar refractivity (Wildman–Crippen MR) is 138 cm³/mol. The van der Waals surface area contributed by atoms with Crippen LogP contribution in [-0.2, 0) is 0 Å². The fourth-order valence-corrected chi connectivity index (χ4v) is 4.71. The lowest BCUT2D eigenvalue weighted by Gasteiger charge is -2.40. The maximum Gasteiger partial charge on any atom is 0.318 e. The molecule has 0 radical (unpaired) electrons. The number of carbonyl (C=O) groups excluding carboxylic acids is 1. The van der Waals surface area contributed by atoms with Gasteiger partial charge in [-0.05, 0) is 67.4 Å².